The lowest BCUT2D eigenvalue weighted by atomic mass is 10.8. The Balaban J connectivity index is -0.0000000251. The van der Waals surface area contributed by atoms with E-state index in [9.17, 15) is 35.1 Å². The average molecular weight is 344 g/mol. The molecule has 0 amide bonds. The molecular formula is C14H24F8. The lowest BCUT2D eigenvalue weighted by Gasteiger charge is -1.88. The minimum absolute atomic E-state index is 0.188. The number of hydrogen-bond donors (Lipinski definition) is 0. The third-order valence-electron chi connectivity index (χ3n) is 0. The fourth-order valence-corrected chi connectivity index (χ4v) is 0. The van der Waals surface area contributed by atoms with Gasteiger partial charge in [0, 0.05) is 13.8 Å². The van der Waals surface area contributed by atoms with Gasteiger partial charge in [-0.25, -0.2) is 0 Å². The number of rotatable bonds is 0. The Kier molecular flexibility index (Phi) is 70.9. The highest BCUT2D eigenvalue weighted by molar-refractivity contribution is 4.57. The van der Waals surface area contributed by atoms with Crippen LogP contribution in [0.2, 0.25) is 0 Å². The van der Waals surface area contributed by atoms with Crippen molar-refractivity contribution in [2.24, 2.45) is 0 Å². The lowest BCUT2D eigenvalue weighted by molar-refractivity contribution is -0.111. The van der Waals surface area contributed by atoms with Gasteiger partial charge in [0.05, 0.1) is 0 Å². The Morgan fingerprint density at radius 2 is 0.545 bits per heavy atom. The smallest absolute Gasteiger partial charge is 0.174 e. The molecule has 0 rings (SSSR count). The Morgan fingerprint density at radius 1 is 0.545 bits per heavy atom. The van der Waals surface area contributed by atoms with E-state index in [0.717, 1.165) is 0 Å². The summed E-state index contributed by atoms with van der Waals surface area (Å²) in [6, 6.07) is 0. The third kappa shape index (κ3) is 1540. The SMILES string of the molecule is C=C.C=C.C=C.C=C.C=C(F)F.CC(F)(F)F.CC(F)(F)F. The standard InChI is InChI=1S/2C2H3F3.C2H2F2.4C2H4/c2*1-2(3,4)5;1-2(3)4;4*1-2/h2*1H3;1H2;4*1-2H2. The van der Waals surface area contributed by atoms with Gasteiger partial charge in [-0.1, -0.05) is 0 Å². The quantitative estimate of drug-likeness (QED) is 0.311. The first kappa shape index (κ1) is 42.7. The maximum atomic E-state index is 10.4. The molecule has 136 valence electrons. The predicted octanol–water partition coefficient (Wildman–Crippen LogP) is 7.74. The van der Waals surface area contributed by atoms with Gasteiger partial charge in [-0.05, 0) is 6.58 Å². The molecule has 0 N–H and O–H groups in total. The zero-order valence-electron chi connectivity index (χ0n) is 12.9. The zero-order valence-corrected chi connectivity index (χ0v) is 12.9. The summed E-state index contributed by atoms with van der Waals surface area (Å²) in [4.78, 5) is 0. The minimum atomic E-state index is -4.00. The highest BCUT2D eigenvalue weighted by Crippen LogP contribution is 2.10. The van der Waals surface area contributed by atoms with Gasteiger partial charge in [0.1, 0.15) is 0 Å². The summed E-state index contributed by atoms with van der Waals surface area (Å²) in [7, 11) is 0. The van der Waals surface area contributed by atoms with Crippen molar-refractivity contribution in [2.45, 2.75) is 26.2 Å². The highest BCUT2D eigenvalue weighted by Gasteiger charge is 2.16. The van der Waals surface area contributed by atoms with E-state index >= 15 is 0 Å². The summed E-state index contributed by atoms with van der Waals surface area (Å²) in [5, 5.41) is 0. The van der Waals surface area contributed by atoms with Crippen LogP contribution in [0, 0.1) is 0 Å². The largest absolute Gasteiger partial charge is 0.386 e. The van der Waals surface area contributed by atoms with E-state index in [1.54, 1.807) is 0 Å². The van der Waals surface area contributed by atoms with Crippen molar-refractivity contribution in [1.29, 1.82) is 0 Å². The minimum Gasteiger partial charge on any atom is -0.174 e. The summed E-state index contributed by atoms with van der Waals surface area (Å²) in [6.07, 6.45) is -9.83. The molecule has 0 nitrogen and oxygen atoms in total. The Labute approximate surface area is 127 Å². The number of alkyl halides is 6. The van der Waals surface area contributed by atoms with Gasteiger partial charge in [0.2, 0.25) is 0 Å². The van der Waals surface area contributed by atoms with Gasteiger partial charge in [0.15, 0.2) is 0 Å². The fourth-order valence-electron chi connectivity index (χ4n) is 0. The van der Waals surface area contributed by atoms with Crippen LogP contribution in [-0.2, 0) is 0 Å². The molecule has 0 aromatic heterocycles. The van der Waals surface area contributed by atoms with Gasteiger partial charge < -0.3 is 0 Å². The summed E-state index contributed by atoms with van der Waals surface area (Å²) >= 11 is 0. The molecule has 0 aromatic rings. The van der Waals surface area contributed by atoms with Crippen LogP contribution < -0.4 is 0 Å². The van der Waals surface area contributed by atoms with Gasteiger partial charge in [-0.15, -0.1) is 52.6 Å². The molecule has 0 heterocycles. The van der Waals surface area contributed by atoms with Gasteiger partial charge in [-0.2, -0.15) is 35.1 Å². The molecule has 0 bridgehead atoms. The third-order valence-corrected chi connectivity index (χ3v) is 0. The number of halogens is 8. The predicted molar refractivity (Wildman–Crippen MR) is 79.8 cm³/mol. The average Bonchev–Trinajstić information content (AvgIpc) is 2.34. The van der Waals surface area contributed by atoms with Gasteiger partial charge in [0.25, 0.3) is 6.08 Å². The van der Waals surface area contributed by atoms with E-state index in [1.807, 2.05) is 0 Å². The molecule has 0 atom stereocenters. The van der Waals surface area contributed by atoms with Crippen molar-refractivity contribution in [1.82, 2.24) is 0 Å². The fraction of sp³-hybridized carbons (Fsp3) is 0.286. The molecule has 0 saturated heterocycles. The van der Waals surface area contributed by atoms with Crippen LogP contribution in [0.5, 0.6) is 0 Å². The molecule has 22 heavy (non-hydrogen) atoms. The molecule has 0 aromatic carbocycles. The topological polar surface area (TPSA) is 0 Å². The zero-order chi connectivity index (χ0) is 20.6. The van der Waals surface area contributed by atoms with Crippen molar-refractivity contribution in [3.05, 3.63) is 65.3 Å². The summed E-state index contributed by atoms with van der Waals surface area (Å²) in [5.74, 6) is 0. The van der Waals surface area contributed by atoms with E-state index in [4.69, 9.17) is 0 Å². The molecule has 0 aliphatic rings. The molecule has 0 unspecified atom stereocenters. The van der Waals surface area contributed by atoms with E-state index in [-0.39, 0.29) is 13.8 Å². The Morgan fingerprint density at radius 3 is 0.545 bits per heavy atom. The molecule has 0 saturated carbocycles. The highest BCUT2D eigenvalue weighted by atomic mass is 19.4. The molecule has 8 heteroatoms. The molecular weight excluding hydrogens is 320 g/mol. The first-order valence-corrected chi connectivity index (χ1v) is 4.87. The van der Waals surface area contributed by atoms with E-state index in [2.05, 4.69) is 59.2 Å². The van der Waals surface area contributed by atoms with Crippen LogP contribution in [0.25, 0.3) is 0 Å². The molecule has 0 radical (unpaired) electrons. The van der Waals surface area contributed by atoms with Gasteiger partial charge >= 0.3 is 12.4 Å². The van der Waals surface area contributed by atoms with Crippen molar-refractivity contribution >= 4 is 0 Å². The molecule has 0 aliphatic carbocycles. The first-order valence-electron chi connectivity index (χ1n) is 4.87. The summed E-state index contributed by atoms with van der Waals surface area (Å²) in [5.41, 5.74) is 0. The second-order valence-electron chi connectivity index (χ2n) is 1.90. The van der Waals surface area contributed by atoms with Crippen molar-refractivity contribution in [3.8, 4) is 0 Å². The maximum Gasteiger partial charge on any atom is 0.386 e. The van der Waals surface area contributed by atoms with E-state index in [1.165, 1.54) is 0 Å². The van der Waals surface area contributed by atoms with Crippen molar-refractivity contribution < 1.29 is 35.1 Å². The van der Waals surface area contributed by atoms with Crippen molar-refractivity contribution in [3.63, 3.8) is 0 Å². The normalized spacial score (nSPS) is 7.36. The van der Waals surface area contributed by atoms with Gasteiger partial charge in [-0.3, -0.25) is 0 Å². The van der Waals surface area contributed by atoms with Crippen LogP contribution in [0.15, 0.2) is 65.3 Å². The molecule has 0 fully saturated rings. The second-order valence-corrected chi connectivity index (χ2v) is 1.90. The maximum absolute atomic E-state index is 10.4. The Bertz CT molecular complexity index is 158. The van der Waals surface area contributed by atoms with E-state index < -0.39 is 18.4 Å². The Hall–Kier alpha value is -1.86. The van der Waals surface area contributed by atoms with E-state index in [0.29, 0.717) is 0 Å². The van der Waals surface area contributed by atoms with Crippen LogP contribution in [0.4, 0.5) is 35.1 Å². The van der Waals surface area contributed by atoms with Crippen molar-refractivity contribution in [2.75, 3.05) is 0 Å². The lowest BCUT2D eigenvalue weighted by Crippen LogP contribution is -1.95. The second kappa shape index (κ2) is 36.5. The summed E-state index contributed by atoms with van der Waals surface area (Å²) < 4.78 is 82.4. The summed E-state index contributed by atoms with van der Waals surface area (Å²) in [6.45, 7) is 26.6. The van der Waals surface area contributed by atoms with Crippen LogP contribution >= 0.6 is 0 Å². The number of hydrogen-bond acceptors (Lipinski definition) is 0. The first-order chi connectivity index (χ1) is 9.73. The molecule has 0 spiro atoms. The van der Waals surface area contributed by atoms with Crippen LogP contribution in [0.1, 0.15) is 13.8 Å². The van der Waals surface area contributed by atoms with Crippen LogP contribution in [0.3, 0.4) is 0 Å². The monoisotopic (exact) mass is 344 g/mol. The van der Waals surface area contributed by atoms with Crippen LogP contribution in [-0.4, -0.2) is 12.4 Å². The molecule has 0 aliphatic heterocycles.